The molecule has 1 N–H and O–H groups in total. The Hall–Kier alpha value is -2.04. The van der Waals surface area contributed by atoms with Crippen LogP contribution in [0.1, 0.15) is 45.0 Å². The second-order valence-corrected chi connectivity index (χ2v) is 8.38. The minimum atomic E-state index is -0.958. The molecule has 4 rings (SSSR count). The van der Waals surface area contributed by atoms with Gasteiger partial charge >= 0.3 is 5.97 Å². The zero-order chi connectivity index (χ0) is 21.7. The van der Waals surface area contributed by atoms with E-state index in [4.69, 9.17) is 28.4 Å². The maximum Gasteiger partial charge on any atom is 0.338 e. The first kappa shape index (κ1) is 21.2. The summed E-state index contributed by atoms with van der Waals surface area (Å²) in [6.07, 6.45) is -3.37. The Labute approximate surface area is 174 Å². The second-order valence-electron chi connectivity index (χ2n) is 8.38. The van der Waals surface area contributed by atoms with E-state index in [2.05, 4.69) is 5.32 Å². The van der Waals surface area contributed by atoms with Crippen LogP contribution in [0.25, 0.3) is 0 Å². The lowest BCUT2D eigenvalue weighted by Gasteiger charge is -2.36. The molecule has 0 saturated carbocycles. The Morgan fingerprint density at radius 1 is 0.933 bits per heavy atom. The predicted molar refractivity (Wildman–Crippen MR) is 104 cm³/mol. The number of ether oxygens (including phenoxy) is 6. The maximum atomic E-state index is 13.0. The number of benzene rings is 1. The molecule has 3 saturated heterocycles. The summed E-state index contributed by atoms with van der Waals surface area (Å²) in [4.78, 5) is 24.8. The van der Waals surface area contributed by atoms with Gasteiger partial charge in [0.15, 0.2) is 24.0 Å². The molecule has 1 amide bonds. The van der Waals surface area contributed by atoms with E-state index in [1.54, 1.807) is 58.9 Å². The lowest BCUT2D eigenvalue weighted by Crippen LogP contribution is -2.58. The summed E-state index contributed by atoms with van der Waals surface area (Å²) < 4.78 is 34.6. The van der Waals surface area contributed by atoms with Gasteiger partial charge in [0.2, 0.25) is 0 Å². The van der Waals surface area contributed by atoms with Crippen molar-refractivity contribution in [1.82, 2.24) is 0 Å². The molecule has 1 aromatic rings. The fourth-order valence-electron chi connectivity index (χ4n) is 3.94. The Morgan fingerprint density at radius 3 is 2.20 bits per heavy atom. The van der Waals surface area contributed by atoms with Crippen LogP contribution in [-0.2, 0) is 33.2 Å². The van der Waals surface area contributed by atoms with E-state index in [9.17, 15) is 9.59 Å². The average Bonchev–Trinajstić information content (AvgIpc) is 3.15. The normalized spacial score (nSPS) is 33.4. The highest BCUT2D eigenvalue weighted by Gasteiger charge is 2.62. The van der Waals surface area contributed by atoms with Crippen molar-refractivity contribution in [3.63, 3.8) is 0 Å². The number of fused-ring (bicyclic) bond motifs is 3. The zero-order valence-electron chi connectivity index (χ0n) is 17.7. The monoisotopic (exact) mass is 421 g/mol. The van der Waals surface area contributed by atoms with Crippen molar-refractivity contribution in [3.8, 4) is 0 Å². The van der Waals surface area contributed by atoms with E-state index >= 15 is 0 Å². The third-order valence-electron chi connectivity index (χ3n) is 5.08. The number of hydrogen-bond acceptors (Lipinski definition) is 8. The van der Waals surface area contributed by atoms with Crippen molar-refractivity contribution in [1.29, 1.82) is 0 Å². The first-order valence-electron chi connectivity index (χ1n) is 10.0. The Bertz CT molecular complexity index is 821. The third-order valence-corrected chi connectivity index (χ3v) is 5.08. The number of rotatable bonds is 4. The fourth-order valence-corrected chi connectivity index (χ4v) is 3.94. The van der Waals surface area contributed by atoms with E-state index in [1.807, 2.05) is 0 Å². The summed E-state index contributed by atoms with van der Waals surface area (Å²) in [5.41, 5.74) is 0.914. The summed E-state index contributed by atoms with van der Waals surface area (Å²) in [5, 5.41) is 2.80. The van der Waals surface area contributed by atoms with Crippen molar-refractivity contribution in [2.45, 2.75) is 76.9 Å². The molecule has 9 heteroatoms. The highest BCUT2D eigenvalue weighted by atomic mass is 16.9. The first-order chi connectivity index (χ1) is 14.1. The molecule has 0 radical (unpaired) electrons. The van der Waals surface area contributed by atoms with Gasteiger partial charge in [0.1, 0.15) is 18.3 Å². The van der Waals surface area contributed by atoms with Crippen molar-refractivity contribution in [3.05, 3.63) is 29.8 Å². The Kier molecular flexibility index (Phi) is 5.36. The molecule has 3 heterocycles. The molecular formula is C21H27NO8. The van der Waals surface area contributed by atoms with Gasteiger partial charge in [0.25, 0.3) is 5.91 Å². The molecule has 0 aromatic heterocycles. The number of esters is 1. The standard InChI is InChI=1S/C21H27NO8/c1-6-25-18(24)11-7-9-12(10-8-11)22-17(23)15-13-14(28-20(2,3)27-13)16-19(26-15)30-21(4,5)29-16/h7-10,13-16,19H,6H2,1-5H3,(H,22,23)/t13-,14+,15+,16+,19+/m0/s1. The molecule has 3 fully saturated rings. The lowest BCUT2D eigenvalue weighted by molar-refractivity contribution is -0.229. The van der Waals surface area contributed by atoms with Crippen LogP contribution in [0.2, 0.25) is 0 Å². The molecule has 5 atom stereocenters. The van der Waals surface area contributed by atoms with Crippen LogP contribution < -0.4 is 5.32 Å². The van der Waals surface area contributed by atoms with Gasteiger partial charge < -0.3 is 33.7 Å². The molecular weight excluding hydrogens is 394 g/mol. The van der Waals surface area contributed by atoms with E-state index in [0.29, 0.717) is 17.9 Å². The number of carbonyl (C=O) groups is 2. The summed E-state index contributed by atoms with van der Waals surface area (Å²) in [5.74, 6) is -2.56. The second kappa shape index (κ2) is 7.58. The molecule has 164 valence electrons. The molecule has 3 aliphatic rings. The van der Waals surface area contributed by atoms with E-state index in [0.717, 1.165) is 0 Å². The number of hydrogen-bond donors (Lipinski definition) is 1. The molecule has 1 aromatic carbocycles. The van der Waals surface area contributed by atoms with Crippen LogP contribution in [0.3, 0.4) is 0 Å². The lowest BCUT2D eigenvalue weighted by atomic mass is 9.98. The van der Waals surface area contributed by atoms with Crippen molar-refractivity contribution >= 4 is 17.6 Å². The van der Waals surface area contributed by atoms with Crippen LogP contribution in [0, 0.1) is 0 Å². The highest BCUT2D eigenvalue weighted by molar-refractivity contribution is 5.96. The average molecular weight is 421 g/mol. The molecule has 3 aliphatic heterocycles. The van der Waals surface area contributed by atoms with Gasteiger partial charge in [-0.1, -0.05) is 0 Å². The zero-order valence-corrected chi connectivity index (χ0v) is 17.7. The fraction of sp³-hybridized carbons (Fsp3) is 0.619. The summed E-state index contributed by atoms with van der Waals surface area (Å²) in [7, 11) is 0. The van der Waals surface area contributed by atoms with Crippen molar-refractivity contribution in [2.75, 3.05) is 11.9 Å². The van der Waals surface area contributed by atoms with E-state index in [1.165, 1.54) is 0 Å². The minimum absolute atomic E-state index is 0.294. The molecule has 0 aliphatic carbocycles. The number of carbonyl (C=O) groups excluding carboxylic acids is 2. The summed E-state index contributed by atoms with van der Waals surface area (Å²) >= 11 is 0. The summed E-state index contributed by atoms with van der Waals surface area (Å²) in [6, 6.07) is 6.43. The molecule has 30 heavy (non-hydrogen) atoms. The Balaban J connectivity index is 1.50. The first-order valence-corrected chi connectivity index (χ1v) is 10.0. The highest BCUT2D eigenvalue weighted by Crippen LogP contribution is 2.44. The predicted octanol–water partition coefficient (Wildman–Crippen LogP) is 2.20. The van der Waals surface area contributed by atoms with E-state index < -0.39 is 54.2 Å². The quantitative estimate of drug-likeness (QED) is 0.739. The van der Waals surface area contributed by atoms with Gasteiger partial charge in [-0.25, -0.2) is 4.79 Å². The number of nitrogens with one attached hydrogen (secondary N) is 1. The van der Waals surface area contributed by atoms with Crippen molar-refractivity contribution < 1.29 is 38.0 Å². The van der Waals surface area contributed by atoms with Gasteiger partial charge in [-0.2, -0.15) is 0 Å². The van der Waals surface area contributed by atoms with Crippen LogP contribution in [0.15, 0.2) is 24.3 Å². The SMILES string of the molecule is CCOC(=O)c1ccc(NC(=O)[C@@H]2O[C@@H]3OC(C)(C)O[C@@H]3[C@@H]3OC(C)(C)O[C@@H]32)cc1. The van der Waals surface area contributed by atoms with E-state index in [-0.39, 0.29) is 0 Å². The van der Waals surface area contributed by atoms with Gasteiger partial charge in [-0.15, -0.1) is 0 Å². The van der Waals surface area contributed by atoms with Crippen LogP contribution >= 0.6 is 0 Å². The van der Waals surface area contributed by atoms with Crippen LogP contribution in [-0.4, -0.2) is 60.8 Å². The van der Waals surface area contributed by atoms with Gasteiger partial charge in [-0.3, -0.25) is 4.79 Å². The molecule has 0 unspecified atom stereocenters. The Morgan fingerprint density at radius 2 is 1.53 bits per heavy atom. The molecule has 0 bridgehead atoms. The smallest absolute Gasteiger partial charge is 0.338 e. The number of anilines is 1. The van der Waals surface area contributed by atoms with Gasteiger partial charge in [0, 0.05) is 5.69 Å². The van der Waals surface area contributed by atoms with Gasteiger partial charge in [-0.05, 0) is 58.9 Å². The van der Waals surface area contributed by atoms with Crippen LogP contribution in [0.4, 0.5) is 5.69 Å². The molecule has 9 nitrogen and oxygen atoms in total. The van der Waals surface area contributed by atoms with Crippen LogP contribution in [0.5, 0.6) is 0 Å². The molecule has 0 spiro atoms. The topological polar surface area (TPSA) is 102 Å². The summed E-state index contributed by atoms with van der Waals surface area (Å²) in [6.45, 7) is 9.16. The third kappa shape index (κ3) is 4.08. The van der Waals surface area contributed by atoms with Crippen molar-refractivity contribution in [2.24, 2.45) is 0 Å². The van der Waals surface area contributed by atoms with Gasteiger partial charge in [0.05, 0.1) is 12.2 Å². The largest absolute Gasteiger partial charge is 0.462 e. The minimum Gasteiger partial charge on any atom is -0.462 e. The maximum absolute atomic E-state index is 13.0. The number of amides is 1.